The average Bonchev–Trinajstić information content (AvgIpc) is 3.37. The summed E-state index contributed by atoms with van der Waals surface area (Å²) in [5.41, 5.74) is 0.673. The number of carbonyl (C=O) groups excluding carboxylic acids is 1. The Morgan fingerprint density at radius 3 is 2.59 bits per heavy atom. The third kappa shape index (κ3) is 4.57. The molecule has 0 radical (unpaired) electrons. The second kappa shape index (κ2) is 8.36. The molecular weight excluding hydrogens is 374 g/mol. The molecule has 0 saturated heterocycles. The number of nitrogens with zero attached hydrogens (tertiary/aromatic N) is 5. The van der Waals surface area contributed by atoms with Gasteiger partial charge in [-0.1, -0.05) is 0 Å². The van der Waals surface area contributed by atoms with Gasteiger partial charge in [-0.05, 0) is 19.9 Å². The van der Waals surface area contributed by atoms with Gasteiger partial charge >= 0.3 is 0 Å². The number of nitrogens with one attached hydrogen (secondary N) is 2. The van der Waals surface area contributed by atoms with Crippen molar-refractivity contribution >= 4 is 5.91 Å². The van der Waals surface area contributed by atoms with E-state index in [0.29, 0.717) is 37.2 Å². The van der Waals surface area contributed by atoms with Gasteiger partial charge in [0, 0.05) is 50.2 Å². The first-order valence-corrected chi connectivity index (χ1v) is 9.32. The molecule has 3 heterocycles. The smallest absolute Gasteiger partial charge is 0.277 e. The van der Waals surface area contributed by atoms with Gasteiger partial charge in [0.1, 0.15) is 5.69 Å². The largest absolute Gasteiger partial charge is 0.396 e. The van der Waals surface area contributed by atoms with Gasteiger partial charge in [0.05, 0.1) is 5.56 Å². The van der Waals surface area contributed by atoms with Gasteiger partial charge in [-0.3, -0.25) is 14.7 Å². The van der Waals surface area contributed by atoms with Crippen LogP contribution in [0.5, 0.6) is 0 Å². The quantitative estimate of drug-likeness (QED) is 0.538. The molecule has 0 spiro atoms. The number of aromatic amines is 1. The normalized spacial score (nSPS) is 13.9. The maximum atomic E-state index is 12.8. The van der Waals surface area contributed by atoms with Crippen molar-refractivity contribution in [1.29, 1.82) is 0 Å². The molecular formula is C19H23N7O3. The lowest BCUT2D eigenvalue weighted by Crippen LogP contribution is -2.29. The summed E-state index contributed by atoms with van der Waals surface area (Å²) >= 11 is 0. The van der Waals surface area contributed by atoms with Crippen molar-refractivity contribution in [1.82, 2.24) is 25.1 Å². The van der Waals surface area contributed by atoms with Crippen LogP contribution in [0.4, 0.5) is 0 Å². The fourth-order valence-corrected chi connectivity index (χ4v) is 3.08. The Kier molecular flexibility index (Phi) is 5.89. The summed E-state index contributed by atoms with van der Waals surface area (Å²) in [7, 11) is 0. The monoisotopic (exact) mass is 397 g/mol. The first-order chi connectivity index (χ1) is 13.9. The van der Waals surface area contributed by atoms with Crippen molar-refractivity contribution in [3.8, 4) is 18.3 Å². The van der Waals surface area contributed by atoms with Crippen LogP contribution in [0.1, 0.15) is 46.7 Å². The number of rotatable bonds is 9. The molecule has 0 saturated carbocycles. The Labute approximate surface area is 167 Å². The van der Waals surface area contributed by atoms with Gasteiger partial charge in [0.15, 0.2) is 5.66 Å². The zero-order valence-electron chi connectivity index (χ0n) is 16.4. The number of amides is 1. The highest BCUT2D eigenvalue weighted by atomic mass is 16.3. The zero-order chi connectivity index (χ0) is 21.0. The Bertz CT molecular complexity index is 1020. The molecule has 0 atom stereocenters. The number of aromatic nitrogens is 4. The number of hydrogen-bond acceptors (Lipinski definition) is 7. The molecule has 0 aliphatic carbocycles. The number of hydrogen-bond donors (Lipinski definition) is 3. The van der Waals surface area contributed by atoms with Crippen molar-refractivity contribution in [3.05, 3.63) is 39.1 Å². The number of aryl methyl sites for hydroxylation is 2. The summed E-state index contributed by atoms with van der Waals surface area (Å²) in [5.74, 6) is 2.25. The molecule has 10 heteroatoms. The summed E-state index contributed by atoms with van der Waals surface area (Å²) < 4.78 is 1.12. The van der Waals surface area contributed by atoms with Crippen molar-refractivity contribution in [2.45, 2.75) is 45.2 Å². The SMILES string of the molecule is C#CCCC1(CCNC(=O)c2[nH]n(-c3nc(C)cc(C)n3)c(=O)c2CCO)N=N1. The Hall–Kier alpha value is -3.32. The molecule has 3 N–H and O–H groups in total. The molecule has 1 amide bonds. The Morgan fingerprint density at radius 1 is 1.31 bits per heavy atom. The zero-order valence-corrected chi connectivity index (χ0v) is 16.4. The highest BCUT2D eigenvalue weighted by Crippen LogP contribution is 2.36. The number of H-pyrrole nitrogens is 1. The van der Waals surface area contributed by atoms with E-state index in [1.807, 2.05) is 0 Å². The van der Waals surface area contributed by atoms with E-state index in [-0.39, 0.29) is 30.2 Å². The van der Waals surface area contributed by atoms with Crippen LogP contribution in [-0.2, 0) is 6.42 Å². The first kappa shape index (κ1) is 20.4. The van der Waals surface area contributed by atoms with Gasteiger partial charge in [0.25, 0.3) is 17.4 Å². The minimum Gasteiger partial charge on any atom is -0.396 e. The van der Waals surface area contributed by atoms with E-state index in [9.17, 15) is 14.7 Å². The average molecular weight is 397 g/mol. The molecule has 152 valence electrons. The van der Waals surface area contributed by atoms with Crippen molar-refractivity contribution in [2.75, 3.05) is 13.2 Å². The number of terminal acetylenes is 1. The lowest BCUT2D eigenvalue weighted by atomic mass is 10.0. The second-order valence-corrected chi connectivity index (χ2v) is 6.92. The second-order valence-electron chi connectivity index (χ2n) is 6.92. The molecule has 3 rings (SSSR count). The van der Waals surface area contributed by atoms with Crippen LogP contribution in [0.3, 0.4) is 0 Å². The van der Waals surface area contributed by atoms with E-state index in [4.69, 9.17) is 6.42 Å². The number of aliphatic hydroxyl groups is 1. The molecule has 2 aromatic rings. The fourth-order valence-electron chi connectivity index (χ4n) is 3.08. The summed E-state index contributed by atoms with van der Waals surface area (Å²) in [6, 6.07) is 1.78. The molecule has 1 aliphatic heterocycles. The molecule has 0 unspecified atom stereocenters. The maximum Gasteiger partial charge on any atom is 0.277 e. The molecule has 29 heavy (non-hydrogen) atoms. The minimum absolute atomic E-state index is 0.0344. The predicted molar refractivity (Wildman–Crippen MR) is 105 cm³/mol. The predicted octanol–water partition coefficient (Wildman–Crippen LogP) is 0.803. The van der Waals surface area contributed by atoms with Crippen molar-refractivity contribution in [3.63, 3.8) is 0 Å². The third-order valence-corrected chi connectivity index (χ3v) is 4.61. The summed E-state index contributed by atoms with van der Waals surface area (Å²) in [6.45, 7) is 3.63. The summed E-state index contributed by atoms with van der Waals surface area (Å²) in [6.07, 6.45) is 7.05. The highest BCUT2D eigenvalue weighted by Gasteiger charge is 2.38. The van der Waals surface area contributed by atoms with Crippen LogP contribution < -0.4 is 10.9 Å². The van der Waals surface area contributed by atoms with Crippen LogP contribution in [0.2, 0.25) is 0 Å². The van der Waals surface area contributed by atoms with Gasteiger partial charge < -0.3 is 10.4 Å². The van der Waals surface area contributed by atoms with E-state index in [1.165, 1.54) is 0 Å². The molecule has 2 aromatic heterocycles. The molecule has 0 bridgehead atoms. The van der Waals surface area contributed by atoms with Gasteiger partial charge in [0.2, 0.25) is 0 Å². The van der Waals surface area contributed by atoms with Gasteiger partial charge in [-0.15, -0.1) is 12.3 Å². The molecule has 1 aliphatic rings. The van der Waals surface area contributed by atoms with E-state index in [2.05, 4.69) is 36.5 Å². The molecule has 10 nitrogen and oxygen atoms in total. The number of aliphatic hydroxyl groups excluding tert-OH is 1. The summed E-state index contributed by atoms with van der Waals surface area (Å²) in [5, 5.41) is 22.9. The first-order valence-electron chi connectivity index (χ1n) is 9.32. The van der Waals surface area contributed by atoms with E-state index < -0.39 is 17.1 Å². The highest BCUT2D eigenvalue weighted by molar-refractivity contribution is 5.93. The topological polar surface area (TPSA) is 138 Å². The van der Waals surface area contributed by atoms with Crippen LogP contribution in [-0.4, -0.2) is 49.6 Å². The molecule has 0 fully saturated rings. The van der Waals surface area contributed by atoms with Crippen molar-refractivity contribution in [2.24, 2.45) is 10.2 Å². The maximum absolute atomic E-state index is 12.8. The van der Waals surface area contributed by atoms with Crippen LogP contribution in [0, 0.1) is 26.2 Å². The number of carbonyl (C=O) groups is 1. The standard InChI is InChI=1S/C19H23N7O3/c1-4-5-7-19(24-25-19)8-9-20-16(28)15-14(6-10-27)17(29)26(23-15)18-21-12(2)11-13(3)22-18/h1,11,23,27H,5-10H2,2-3H3,(H,20,28). The summed E-state index contributed by atoms with van der Waals surface area (Å²) in [4.78, 5) is 34.0. The van der Waals surface area contributed by atoms with Gasteiger partial charge in [-0.2, -0.15) is 14.9 Å². The lowest BCUT2D eigenvalue weighted by molar-refractivity contribution is 0.0945. The van der Waals surface area contributed by atoms with Crippen molar-refractivity contribution < 1.29 is 9.90 Å². The fraction of sp³-hybridized carbons (Fsp3) is 0.474. The van der Waals surface area contributed by atoms with E-state index in [1.54, 1.807) is 19.9 Å². The Balaban J connectivity index is 1.78. The Morgan fingerprint density at radius 2 is 2.00 bits per heavy atom. The van der Waals surface area contributed by atoms with Crippen LogP contribution in [0.15, 0.2) is 21.1 Å². The van der Waals surface area contributed by atoms with Crippen LogP contribution >= 0.6 is 0 Å². The van der Waals surface area contributed by atoms with Gasteiger partial charge in [-0.25, -0.2) is 9.97 Å². The third-order valence-electron chi connectivity index (χ3n) is 4.61. The minimum atomic E-state index is -0.500. The van der Waals surface area contributed by atoms with E-state index in [0.717, 1.165) is 4.68 Å². The lowest BCUT2D eigenvalue weighted by Gasteiger charge is -2.09. The van der Waals surface area contributed by atoms with E-state index >= 15 is 0 Å². The van der Waals surface area contributed by atoms with Crippen LogP contribution in [0.25, 0.3) is 5.95 Å². The molecule has 0 aromatic carbocycles.